The zero-order valence-electron chi connectivity index (χ0n) is 22.5. The molecule has 5 nitrogen and oxygen atoms in total. The first-order valence-corrected chi connectivity index (χ1v) is 14.7. The molecule has 0 radical (unpaired) electrons. The van der Waals surface area contributed by atoms with E-state index in [0.29, 0.717) is 17.6 Å². The van der Waals surface area contributed by atoms with Gasteiger partial charge in [0, 0.05) is 57.5 Å². The minimum absolute atomic E-state index is 0.00903. The van der Waals surface area contributed by atoms with Crippen LogP contribution >= 0.6 is 0 Å². The molecule has 2 N–H and O–H groups in total. The van der Waals surface area contributed by atoms with E-state index in [1.807, 2.05) is 0 Å². The van der Waals surface area contributed by atoms with E-state index in [4.69, 9.17) is 4.74 Å². The Balaban J connectivity index is 1.69. The number of nitrogens with one attached hydrogen (secondary N) is 2. The molecular formula is C29H43N3O2S. The Morgan fingerprint density at radius 1 is 1.23 bits per heavy atom. The second kappa shape index (κ2) is 12.1. The molecular weight excluding hydrogens is 454 g/mol. The topological polar surface area (TPSA) is 67.0 Å². The summed E-state index contributed by atoms with van der Waals surface area (Å²) in [5.41, 5.74) is 4.53. The van der Waals surface area contributed by atoms with Crippen LogP contribution < -0.4 is 5.32 Å². The Labute approximate surface area is 214 Å². The van der Waals surface area contributed by atoms with Crippen LogP contribution in [0.4, 0.5) is 11.5 Å². The summed E-state index contributed by atoms with van der Waals surface area (Å²) in [7, 11) is -0.868. The standard InChI is InChI=1S/C29H43N3O2S/c1-8-11-26(34-27(10-3)29(4,5)6)22-13-12-21(16-22)25-18-28(32-31-25)30-24-15-14-20(9-2)23(17-24)19-35(7)33/h10-11,14-15,17-18,21-22H,8-9,12-13,16,19H2,1-7H3,(H2,30,31,32)/b26-11+,27-10-. The number of aryl methyl sites for hydroxylation is 1. The van der Waals surface area contributed by atoms with E-state index in [1.54, 1.807) is 6.26 Å². The summed E-state index contributed by atoms with van der Waals surface area (Å²) in [4.78, 5) is 0. The van der Waals surface area contributed by atoms with Crippen LogP contribution in [-0.2, 0) is 27.7 Å². The number of anilines is 2. The lowest BCUT2D eigenvalue weighted by molar-refractivity contribution is 0.186. The number of hydrogen-bond acceptors (Lipinski definition) is 4. The Morgan fingerprint density at radius 2 is 2.00 bits per heavy atom. The van der Waals surface area contributed by atoms with Crippen molar-refractivity contribution in [2.24, 2.45) is 11.3 Å². The van der Waals surface area contributed by atoms with E-state index in [2.05, 4.69) is 93.5 Å². The van der Waals surface area contributed by atoms with Crippen LogP contribution in [0.3, 0.4) is 0 Å². The van der Waals surface area contributed by atoms with Gasteiger partial charge < -0.3 is 10.1 Å². The van der Waals surface area contributed by atoms with Crippen molar-refractivity contribution < 1.29 is 8.95 Å². The van der Waals surface area contributed by atoms with E-state index in [-0.39, 0.29) is 5.41 Å². The minimum Gasteiger partial charge on any atom is -0.466 e. The van der Waals surface area contributed by atoms with Crippen molar-refractivity contribution in [3.8, 4) is 0 Å². The van der Waals surface area contributed by atoms with E-state index in [0.717, 1.165) is 60.7 Å². The molecule has 1 saturated carbocycles. The van der Waals surface area contributed by atoms with Crippen LogP contribution in [0.25, 0.3) is 0 Å². The van der Waals surface area contributed by atoms with Gasteiger partial charge in [-0.3, -0.25) is 9.31 Å². The third kappa shape index (κ3) is 7.33. The number of rotatable bonds is 10. The molecule has 2 aromatic rings. The van der Waals surface area contributed by atoms with Gasteiger partial charge in [0.1, 0.15) is 11.5 Å². The SMILES string of the molecule is C/C=C(\O/C(=C/CC)C1CCC(c2cc(Nc3ccc(CC)c(CS(C)=O)c3)n[nH]2)C1)C(C)(C)C. The number of benzene rings is 1. The van der Waals surface area contributed by atoms with Crippen LogP contribution in [0.1, 0.15) is 90.0 Å². The van der Waals surface area contributed by atoms with Crippen LogP contribution in [0.5, 0.6) is 0 Å². The maximum Gasteiger partial charge on any atom is 0.152 e. The van der Waals surface area contributed by atoms with Crippen molar-refractivity contribution in [3.05, 3.63) is 64.8 Å². The van der Waals surface area contributed by atoms with Crippen molar-refractivity contribution in [3.63, 3.8) is 0 Å². The van der Waals surface area contributed by atoms with Crippen molar-refractivity contribution in [2.45, 2.75) is 85.3 Å². The number of H-pyrrole nitrogens is 1. The predicted molar refractivity (Wildman–Crippen MR) is 148 cm³/mol. The average Bonchev–Trinajstić information content (AvgIpc) is 3.45. The summed E-state index contributed by atoms with van der Waals surface area (Å²) >= 11 is 0. The maximum atomic E-state index is 11.8. The highest BCUT2D eigenvalue weighted by Gasteiger charge is 2.32. The Bertz CT molecular complexity index is 1080. The molecule has 6 heteroatoms. The highest BCUT2D eigenvalue weighted by molar-refractivity contribution is 7.83. The summed E-state index contributed by atoms with van der Waals surface area (Å²) in [6, 6.07) is 8.44. The number of ether oxygens (including phenoxy) is 1. The molecule has 1 aliphatic carbocycles. The van der Waals surface area contributed by atoms with E-state index < -0.39 is 10.8 Å². The molecule has 192 valence electrons. The number of hydrogen-bond donors (Lipinski definition) is 2. The lowest BCUT2D eigenvalue weighted by Gasteiger charge is -2.26. The molecule has 1 aromatic carbocycles. The van der Waals surface area contributed by atoms with Gasteiger partial charge in [-0.25, -0.2) is 0 Å². The molecule has 1 fully saturated rings. The second-order valence-corrected chi connectivity index (χ2v) is 12.0. The van der Waals surface area contributed by atoms with Gasteiger partial charge in [-0.1, -0.05) is 40.7 Å². The van der Waals surface area contributed by atoms with Crippen LogP contribution in [0.15, 0.2) is 47.9 Å². The zero-order chi connectivity index (χ0) is 25.6. The van der Waals surface area contributed by atoms with Gasteiger partial charge in [-0.15, -0.1) is 0 Å². The summed E-state index contributed by atoms with van der Waals surface area (Å²) in [6.07, 6.45) is 11.3. The van der Waals surface area contributed by atoms with Gasteiger partial charge in [0.25, 0.3) is 0 Å². The van der Waals surface area contributed by atoms with Gasteiger partial charge >= 0.3 is 0 Å². The lowest BCUT2D eigenvalue weighted by Crippen LogP contribution is -2.15. The number of aromatic nitrogens is 2. The van der Waals surface area contributed by atoms with E-state index in [1.165, 1.54) is 11.3 Å². The molecule has 0 aliphatic heterocycles. The highest BCUT2D eigenvalue weighted by Crippen LogP contribution is 2.43. The lowest BCUT2D eigenvalue weighted by atomic mass is 9.93. The Kier molecular flexibility index (Phi) is 9.40. The molecule has 3 unspecified atom stereocenters. The van der Waals surface area contributed by atoms with Gasteiger partial charge in [0.2, 0.25) is 0 Å². The molecule has 3 rings (SSSR count). The first kappa shape index (κ1) is 27.3. The Morgan fingerprint density at radius 3 is 2.63 bits per heavy atom. The van der Waals surface area contributed by atoms with Gasteiger partial charge in [0.15, 0.2) is 5.82 Å². The zero-order valence-corrected chi connectivity index (χ0v) is 23.3. The molecule has 0 amide bonds. The molecule has 1 aromatic heterocycles. The van der Waals surface area contributed by atoms with Crippen molar-refractivity contribution in [1.29, 1.82) is 0 Å². The van der Waals surface area contributed by atoms with E-state index in [9.17, 15) is 4.21 Å². The maximum absolute atomic E-state index is 11.8. The Hall–Kier alpha value is -2.34. The van der Waals surface area contributed by atoms with Crippen LogP contribution in [0.2, 0.25) is 0 Å². The van der Waals surface area contributed by atoms with Crippen LogP contribution in [-0.4, -0.2) is 20.7 Å². The molecule has 0 bridgehead atoms. The smallest absolute Gasteiger partial charge is 0.152 e. The molecule has 1 heterocycles. The van der Waals surface area contributed by atoms with Crippen molar-refractivity contribution >= 4 is 22.3 Å². The molecule has 35 heavy (non-hydrogen) atoms. The largest absolute Gasteiger partial charge is 0.466 e. The number of aromatic amines is 1. The van der Waals surface area contributed by atoms with Crippen molar-refractivity contribution in [1.82, 2.24) is 10.2 Å². The minimum atomic E-state index is -0.868. The molecule has 0 saturated heterocycles. The summed E-state index contributed by atoms with van der Waals surface area (Å²) in [6.45, 7) is 13.0. The molecule has 0 spiro atoms. The van der Waals surface area contributed by atoms with Gasteiger partial charge in [0.05, 0.1) is 0 Å². The fourth-order valence-electron chi connectivity index (χ4n) is 4.95. The van der Waals surface area contributed by atoms with Crippen molar-refractivity contribution in [2.75, 3.05) is 11.6 Å². The summed E-state index contributed by atoms with van der Waals surface area (Å²) in [5, 5.41) is 11.2. The third-order valence-corrected chi connectivity index (χ3v) is 7.44. The normalized spacial score (nSPS) is 20.2. The summed E-state index contributed by atoms with van der Waals surface area (Å²) in [5.74, 6) is 4.42. The second-order valence-electron chi connectivity index (χ2n) is 10.6. The van der Waals surface area contributed by atoms with E-state index >= 15 is 0 Å². The number of nitrogens with zero attached hydrogens (tertiary/aromatic N) is 1. The molecule has 3 atom stereocenters. The third-order valence-electron chi connectivity index (χ3n) is 6.73. The monoisotopic (exact) mass is 497 g/mol. The van der Waals surface area contributed by atoms with Gasteiger partial charge in [-0.05, 0) is 74.4 Å². The summed E-state index contributed by atoms with van der Waals surface area (Å²) < 4.78 is 18.3. The fraction of sp³-hybridized carbons (Fsp3) is 0.552. The first-order valence-electron chi connectivity index (χ1n) is 12.9. The van der Waals surface area contributed by atoms with Gasteiger partial charge in [-0.2, -0.15) is 5.10 Å². The molecule has 1 aliphatic rings. The predicted octanol–water partition coefficient (Wildman–Crippen LogP) is 7.74. The fourth-order valence-corrected chi connectivity index (χ4v) is 5.65. The van der Waals surface area contributed by atoms with Crippen LogP contribution in [0, 0.1) is 11.3 Å². The highest BCUT2D eigenvalue weighted by atomic mass is 32.2. The first-order chi connectivity index (χ1) is 16.6. The average molecular weight is 498 g/mol. The quantitative estimate of drug-likeness (QED) is 0.329. The number of allylic oxidation sites excluding steroid dienone is 4.